The molecule has 0 spiro atoms. The van der Waals surface area contributed by atoms with E-state index in [9.17, 15) is 19.8 Å². The van der Waals surface area contributed by atoms with Gasteiger partial charge in [-0.2, -0.15) is 0 Å². The number of phenolic OH excluding ortho intramolecular Hbond substituents is 2. The normalized spacial score (nSPS) is 15.1. The van der Waals surface area contributed by atoms with Crippen molar-refractivity contribution in [3.05, 3.63) is 93.6 Å². The van der Waals surface area contributed by atoms with Crippen LogP contribution in [0.25, 0.3) is 0 Å². The minimum absolute atomic E-state index is 0.0398. The number of carbonyl (C=O) groups is 2. The lowest BCUT2D eigenvalue weighted by Crippen LogP contribution is -2.18. The van der Waals surface area contributed by atoms with E-state index >= 15 is 0 Å². The zero-order chi connectivity index (χ0) is 28.1. The Morgan fingerprint density at radius 1 is 0.868 bits per heavy atom. The first-order valence-corrected chi connectivity index (χ1v) is 12.8. The van der Waals surface area contributed by atoms with Gasteiger partial charge in [0.05, 0.1) is 0 Å². The molecule has 2 N–H and O–H groups in total. The molecule has 0 saturated carbocycles. The van der Waals surface area contributed by atoms with Gasteiger partial charge in [0.1, 0.15) is 24.7 Å². The van der Waals surface area contributed by atoms with E-state index in [1.807, 2.05) is 26.0 Å². The van der Waals surface area contributed by atoms with Crippen LogP contribution in [-0.2, 0) is 32.3 Å². The van der Waals surface area contributed by atoms with Crippen molar-refractivity contribution in [2.24, 2.45) is 5.92 Å². The lowest BCUT2D eigenvalue weighted by Gasteiger charge is -2.32. The Morgan fingerprint density at radius 2 is 1.32 bits per heavy atom. The topological polar surface area (TPSA) is 93.1 Å². The number of aryl methyl sites for hydroxylation is 2. The van der Waals surface area contributed by atoms with Crippen molar-refractivity contribution < 1.29 is 29.3 Å². The van der Waals surface area contributed by atoms with E-state index in [4.69, 9.17) is 9.47 Å². The minimum Gasteiger partial charge on any atom is -0.507 e. The molecule has 1 atom stereocenters. The molecule has 0 radical (unpaired) electrons. The van der Waals surface area contributed by atoms with Crippen molar-refractivity contribution in [2.75, 3.05) is 0 Å². The second-order valence-electron chi connectivity index (χ2n) is 10.5. The maximum atomic E-state index is 12.0. The number of phenols is 2. The summed E-state index contributed by atoms with van der Waals surface area (Å²) < 4.78 is 10.8. The first-order chi connectivity index (χ1) is 17.9. The van der Waals surface area contributed by atoms with Crippen molar-refractivity contribution in [1.82, 2.24) is 0 Å². The van der Waals surface area contributed by atoms with Crippen molar-refractivity contribution in [3.63, 3.8) is 0 Å². The highest BCUT2D eigenvalue weighted by molar-refractivity contribution is 5.87. The van der Waals surface area contributed by atoms with Gasteiger partial charge in [-0.25, -0.2) is 9.59 Å². The summed E-state index contributed by atoms with van der Waals surface area (Å²) in [6.07, 6.45) is 4.81. The van der Waals surface area contributed by atoms with Crippen LogP contribution in [0.4, 0.5) is 0 Å². The molecule has 38 heavy (non-hydrogen) atoms. The maximum Gasteiger partial charge on any atom is 0.333 e. The van der Waals surface area contributed by atoms with Gasteiger partial charge in [0, 0.05) is 28.2 Å². The van der Waals surface area contributed by atoms with E-state index in [1.54, 1.807) is 26.0 Å². The van der Waals surface area contributed by atoms with E-state index < -0.39 is 11.9 Å². The lowest BCUT2D eigenvalue weighted by atomic mass is 9.72. The summed E-state index contributed by atoms with van der Waals surface area (Å²) in [5, 5.41) is 22.5. The van der Waals surface area contributed by atoms with E-state index in [0.29, 0.717) is 33.4 Å². The molecular weight excluding hydrogens is 480 g/mol. The fraction of sp³-hybridized carbons (Fsp3) is 0.375. The summed E-state index contributed by atoms with van der Waals surface area (Å²) >= 11 is 0. The largest absolute Gasteiger partial charge is 0.507 e. The number of ether oxygens (including phenoxy) is 2. The van der Waals surface area contributed by atoms with E-state index in [0.717, 1.165) is 30.4 Å². The summed E-state index contributed by atoms with van der Waals surface area (Å²) in [4.78, 5) is 24.0. The molecule has 0 aliphatic heterocycles. The van der Waals surface area contributed by atoms with E-state index in [-0.39, 0.29) is 36.5 Å². The van der Waals surface area contributed by atoms with Gasteiger partial charge in [0.15, 0.2) is 0 Å². The Balaban J connectivity index is 2.12. The third kappa shape index (κ3) is 6.74. The number of aromatic hydroxyl groups is 2. The summed E-state index contributed by atoms with van der Waals surface area (Å²) in [5.74, 6) is -0.903. The molecule has 0 saturated heterocycles. The number of hydrogen-bond donors (Lipinski definition) is 2. The monoisotopic (exact) mass is 518 g/mol. The molecule has 0 fully saturated rings. The highest BCUT2D eigenvalue weighted by Crippen LogP contribution is 2.47. The summed E-state index contributed by atoms with van der Waals surface area (Å²) in [7, 11) is 0. The lowest BCUT2D eigenvalue weighted by molar-refractivity contribution is -0.141. The molecule has 0 heterocycles. The fourth-order valence-electron chi connectivity index (χ4n) is 4.92. The van der Waals surface area contributed by atoms with Gasteiger partial charge < -0.3 is 19.7 Å². The zero-order valence-corrected chi connectivity index (χ0v) is 23.0. The first-order valence-electron chi connectivity index (χ1n) is 12.8. The van der Waals surface area contributed by atoms with Crippen LogP contribution in [0, 0.1) is 19.8 Å². The van der Waals surface area contributed by atoms with Gasteiger partial charge in [0.25, 0.3) is 0 Å². The van der Waals surface area contributed by atoms with Crippen LogP contribution in [0.15, 0.2) is 60.2 Å². The molecule has 3 rings (SSSR count). The zero-order valence-electron chi connectivity index (χ0n) is 23.0. The molecule has 2 aromatic rings. The van der Waals surface area contributed by atoms with Gasteiger partial charge in [0.2, 0.25) is 0 Å². The second-order valence-corrected chi connectivity index (χ2v) is 10.5. The smallest absolute Gasteiger partial charge is 0.333 e. The second kappa shape index (κ2) is 12.2. The molecule has 202 valence electrons. The first kappa shape index (κ1) is 28.8. The van der Waals surface area contributed by atoms with Crippen LogP contribution >= 0.6 is 0 Å². The maximum absolute atomic E-state index is 12.0. The number of hydrogen-bond acceptors (Lipinski definition) is 6. The van der Waals surface area contributed by atoms with Crippen LogP contribution in [0.2, 0.25) is 0 Å². The van der Waals surface area contributed by atoms with Crippen LogP contribution in [-0.4, -0.2) is 22.2 Å². The summed E-state index contributed by atoms with van der Waals surface area (Å²) in [6, 6.07) is 7.30. The molecule has 6 heteroatoms. The number of carbonyl (C=O) groups excluding carboxylic acids is 2. The predicted molar refractivity (Wildman–Crippen MR) is 148 cm³/mol. The standard InChI is InChI=1S/C32H38O6/c1-18(2)31(35)37-16-23-12-21(6)29(33)26(14-23)28(25-10-8-20(5)9-11-25)27-15-24(13-22(7)30(27)34)17-38-32(36)19(3)4/h8,12-15,25,28,33-34H,1,3,9-11,16-17H2,2,4-7H3. The molecular formula is C32H38O6. The van der Waals surface area contributed by atoms with Crippen LogP contribution in [0.1, 0.15) is 79.3 Å². The highest BCUT2D eigenvalue weighted by Gasteiger charge is 2.32. The van der Waals surface area contributed by atoms with E-state index in [1.165, 1.54) is 5.57 Å². The third-order valence-corrected chi connectivity index (χ3v) is 7.04. The van der Waals surface area contributed by atoms with Crippen molar-refractivity contribution in [3.8, 4) is 11.5 Å². The number of rotatable bonds is 9. The molecule has 2 aromatic carbocycles. The molecule has 0 amide bonds. The Bertz CT molecular complexity index is 1210. The summed E-state index contributed by atoms with van der Waals surface area (Å²) in [6.45, 7) is 16.3. The number of esters is 2. The molecule has 0 bridgehead atoms. The fourth-order valence-corrected chi connectivity index (χ4v) is 4.92. The predicted octanol–water partition coefficient (Wildman–Crippen LogP) is 6.83. The number of benzene rings is 2. The highest BCUT2D eigenvalue weighted by atomic mass is 16.5. The van der Waals surface area contributed by atoms with Gasteiger partial charge in [-0.1, -0.05) is 24.8 Å². The minimum atomic E-state index is -0.480. The molecule has 1 aliphatic carbocycles. The van der Waals surface area contributed by atoms with Gasteiger partial charge in [-0.15, -0.1) is 0 Å². The molecule has 0 aromatic heterocycles. The third-order valence-electron chi connectivity index (χ3n) is 7.04. The van der Waals surface area contributed by atoms with Gasteiger partial charge in [-0.05, 0) is 106 Å². The van der Waals surface area contributed by atoms with Gasteiger partial charge >= 0.3 is 11.9 Å². The van der Waals surface area contributed by atoms with E-state index in [2.05, 4.69) is 26.2 Å². The Hall–Kier alpha value is -3.80. The van der Waals surface area contributed by atoms with Crippen molar-refractivity contribution >= 4 is 11.9 Å². The van der Waals surface area contributed by atoms with Crippen molar-refractivity contribution in [2.45, 2.75) is 73.0 Å². The van der Waals surface area contributed by atoms with Crippen LogP contribution in [0.3, 0.4) is 0 Å². The quantitative estimate of drug-likeness (QED) is 0.215. The summed E-state index contributed by atoms with van der Waals surface area (Å²) in [5.41, 5.74) is 6.05. The average molecular weight is 519 g/mol. The molecule has 6 nitrogen and oxygen atoms in total. The Labute approximate surface area is 225 Å². The van der Waals surface area contributed by atoms with Crippen molar-refractivity contribution in [1.29, 1.82) is 0 Å². The number of allylic oxidation sites excluding steroid dienone is 2. The SMILES string of the molecule is C=C(C)C(=O)OCc1cc(C)c(O)c(C(c2cc(COC(=O)C(=C)C)cc(C)c2O)C2CC=C(C)CC2)c1. The van der Waals surface area contributed by atoms with Gasteiger partial charge in [-0.3, -0.25) is 0 Å². The molecule has 1 unspecified atom stereocenters. The van der Waals surface area contributed by atoms with Crippen LogP contribution in [0.5, 0.6) is 11.5 Å². The molecule has 1 aliphatic rings. The Morgan fingerprint density at radius 3 is 1.68 bits per heavy atom. The Kier molecular flexibility index (Phi) is 9.21. The average Bonchev–Trinajstić information content (AvgIpc) is 2.87. The van der Waals surface area contributed by atoms with Crippen LogP contribution < -0.4 is 0 Å².